The number of nitrogens with two attached hydrogens (primary N) is 1. The highest BCUT2D eigenvalue weighted by Gasteiger charge is 2.00. The summed E-state index contributed by atoms with van der Waals surface area (Å²) in [6.45, 7) is 4.84. The van der Waals surface area contributed by atoms with Crippen LogP contribution >= 0.6 is 24.0 Å². The molecule has 0 rings (SSSR count). The number of hydrogen-bond donors (Lipinski definition) is 2. The Balaban J connectivity index is 0. The Morgan fingerprint density at radius 3 is 2.53 bits per heavy atom. The minimum Gasteiger partial charge on any atom is -0.383 e. The third-order valence-corrected chi connectivity index (χ3v) is 1.76. The van der Waals surface area contributed by atoms with Gasteiger partial charge in [0, 0.05) is 20.3 Å². The lowest BCUT2D eigenvalue weighted by molar-refractivity contribution is 0.0748. The maximum absolute atomic E-state index is 5.65. The number of hydrogen-bond acceptors (Lipinski definition) is 4. The molecule has 1 unspecified atom stereocenters. The molecule has 6 nitrogen and oxygen atoms in total. The van der Waals surface area contributed by atoms with Crippen molar-refractivity contribution in [3.05, 3.63) is 0 Å². The topological polar surface area (TPSA) is 78.1 Å². The third-order valence-electron chi connectivity index (χ3n) is 1.76. The Hall–Kier alpha value is -0.120. The molecule has 1 atom stereocenters. The predicted octanol–water partition coefficient (Wildman–Crippen LogP) is 0.207. The standard InChI is InChI=1S/C10H23N3O3.HI/c1-9(8-15-3)13-10(11)12-4-5-16-7-6-14-2;/h9H,4-8H2,1-3H3,(H3,11,12,13);1H. The number of nitrogens with zero attached hydrogens (tertiary/aromatic N) is 1. The zero-order chi connectivity index (χ0) is 12.2. The minimum absolute atomic E-state index is 0. The van der Waals surface area contributed by atoms with Crippen LogP contribution in [0.15, 0.2) is 4.99 Å². The molecule has 0 radical (unpaired) electrons. The number of aliphatic imine (C=N–C) groups is 1. The lowest BCUT2D eigenvalue weighted by atomic mass is 10.4. The molecule has 0 fully saturated rings. The van der Waals surface area contributed by atoms with Crippen LogP contribution in [-0.2, 0) is 14.2 Å². The van der Waals surface area contributed by atoms with Crippen molar-refractivity contribution in [1.29, 1.82) is 0 Å². The summed E-state index contributed by atoms with van der Waals surface area (Å²) in [4.78, 5) is 4.11. The van der Waals surface area contributed by atoms with E-state index in [0.717, 1.165) is 0 Å². The Bertz CT molecular complexity index is 194. The van der Waals surface area contributed by atoms with Crippen molar-refractivity contribution in [1.82, 2.24) is 5.32 Å². The monoisotopic (exact) mass is 361 g/mol. The summed E-state index contributed by atoms with van der Waals surface area (Å²) >= 11 is 0. The maximum Gasteiger partial charge on any atom is 0.188 e. The zero-order valence-corrected chi connectivity index (χ0v) is 13.1. The van der Waals surface area contributed by atoms with Gasteiger partial charge in [-0.3, -0.25) is 4.99 Å². The van der Waals surface area contributed by atoms with Gasteiger partial charge < -0.3 is 25.3 Å². The summed E-state index contributed by atoms with van der Waals surface area (Å²) in [6, 6.07) is 0.156. The van der Waals surface area contributed by atoms with Crippen LogP contribution in [0.1, 0.15) is 6.92 Å². The lowest BCUT2D eigenvalue weighted by Gasteiger charge is -2.12. The van der Waals surface area contributed by atoms with Crippen LogP contribution < -0.4 is 11.1 Å². The Morgan fingerprint density at radius 2 is 1.94 bits per heavy atom. The first-order chi connectivity index (χ1) is 7.70. The second-order valence-corrected chi connectivity index (χ2v) is 3.37. The number of guanidine groups is 1. The molecule has 0 aliphatic heterocycles. The number of ether oxygens (including phenoxy) is 3. The molecule has 0 aliphatic rings. The fourth-order valence-electron chi connectivity index (χ4n) is 1.06. The van der Waals surface area contributed by atoms with E-state index in [1.807, 2.05) is 6.92 Å². The van der Waals surface area contributed by atoms with Gasteiger partial charge in [0.2, 0.25) is 0 Å². The highest BCUT2D eigenvalue weighted by atomic mass is 127. The van der Waals surface area contributed by atoms with Gasteiger partial charge in [-0.2, -0.15) is 0 Å². The van der Waals surface area contributed by atoms with E-state index in [4.69, 9.17) is 19.9 Å². The molecular formula is C10H24IN3O3. The Labute approximate surface area is 120 Å². The summed E-state index contributed by atoms with van der Waals surface area (Å²) in [7, 11) is 3.29. The van der Waals surface area contributed by atoms with Crippen molar-refractivity contribution in [2.24, 2.45) is 10.7 Å². The molecule has 0 aromatic rings. The predicted molar refractivity (Wildman–Crippen MR) is 79.1 cm³/mol. The van der Waals surface area contributed by atoms with E-state index in [9.17, 15) is 0 Å². The molecule has 0 saturated heterocycles. The van der Waals surface area contributed by atoms with Crippen molar-refractivity contribution in [3.63, 3.8) is 0 Å². The summed E-state index contributed by atoms with van der Waals surface area (Å²) in [5.41, 5.74) is 5.65. The molecule has 7 heteroatoms. The fraction of sp³-hybridized carbons (Fsp3) is 0.900. The number of nitrogens with one attached hydrogen (secondary N) is 1. The maximum atomic E-state index is 5.65. The van der Waals surface area contributed by atoms with Crippen LogP contribution in [0.3, 0.4) is 0 Å². The minimum atomic E-state index is 0. The van der Waals surface area contributed by atoms with Crippen molar-refractivity contribution in [2.45, 2.75) is 13.0 Å². The summed E-state index contributed by atoms with van der Waals surface area (Å²) in [5.74, 6) is 0.417. The van der Waals surface area contributed by atoms with E-state index in [0.29, 0.717) is 38.9 Å². The molecule has 0 amide bonds. The largest absolute Gasteiger partial charge is 0.383 e. The number of rotatable bonds is 9. The quantitative estimate of drug-likeness (QED) is 0.266. The van der Waals surface area contributed by atoms with Crippen LogP contribution in [-0.4, -0.2) is 59.2 Å². The first kappa shape index (κ1) is 19.2. The smallest absolute Gasteiger partial charge is 0.188 e. The average Bonchev–Trinajstić information content (AvgIpc) is 2.23. The molecular weight excluding hydrogens is 337 g/mol. The van der Waals surface area contributed by atoms with Gasteiger partial charge in [-0.15, -0.1) is 24.0 Å². The molecule has 3 N–H and O–H groups in total. The van der Waals surface area contributed by atoms with Crippen LogP contribution in [0, 0.1) is 0 Å². The molecule has 0 bridgehead atoms. The van der Waals surface area contributed by atoms with Gasteiger partial charge in [0.1, 0.15) is 0 Å². The van der Waals surface area contributed by atoms with Gasteiger partial charge in [-0.1, -0.05) is 0 Å². The first-order valence-electron chi connectivity index (χ1n) is 5.32. The van der Waals surface area contributed by atoms with E-state index in [1.54, 1.807) is 14.2 Å². The Morgan fingerprint density at radius 1 is 1.24 bits per heavy atom. The number of methoxy groups -OCH3 is 2. The molecule has 0 aromatic heterocycles. The molecule has 0 heterocycles. The first-order valence-corrected chi connectivity index (χ1v) is 5.32. The molecule has 104 valence electrons. The second-order valence-electron chi connectivity index (χ2n) is 3.37. The lowest BCUT2D eigenvalue weighted by Crippen LogP contribution is -2.40. The van der Waals surface area contributed by atoms with Gasteiger partial charge in [0.25, 0.3) is 0 Å². The van der Waals surface area contributed by atoms with Gasteiger partial charge in [0.15, 0.2) is 5.96 Å². The van der Waals surface area contributed by atoms with Crippen molar-refractivity contribution in [2.75, 3.05) is 47.2 Å². The summed E-state index contributed by atoms with van der Waals surface area (Å²) in [5, 5.41) is 3.01. The molecule has 0 aliphatic carbocycles. The summed E-state index contributed by atoms with van der Waals surface area (Å²) in [6.07, 6.45) is 0. The highest BCUT2D eigenvalue weighted by Crippen LogP contribution is 1.82. The van der Waals surface area contributed by atoms with E-state index in [-0.39, 0.29) is 30.0 Å². The van der Waals surface area contributed by atoms with E-state index >= 15 is 0 Å². The second kappa shape index (κ2) is 13.9. The number of halogens is 1. The Kier molecular flexibility index (Phi) is 15.8. The summed E-state index contributed by atoms with van der Waals surface area (Å²) < 4.78 is 15.0. The van der Waals surface area contributed by atoms with Crippen molar-refractivity contribution >= 4 is 29.9 Å². The van der Waals surface area contributed by atoms with Crippen molar-refractivity contribution in [3.8, 4) is 0 Å². The molecule has 0 saturated carbocycles. The average molecular weight is 361 g/mol. The normalized spacial score (nSPS) is 13.0. The molecule has 0 aromatic carbocycles. The van der Waals surface area contributed by atoms with Crippen LogP contribution in [0.5, 0.6) is 0 Å². The van der Waals surface area contributed by atoms with Gasteiger partial charge >= 0.3 is 0 Å². The van der Waals surface area contributed by atoms with Gasteiger partial charge in [-0.25, -0.2) is 0 Å². The molecule has 17 heavy (non-hydrogen) atoms. The third kappa shape index (κ3) is 13.8. The van der Waals surface area contributed by atoms with Crippen LogP contribution in [0.2, 0.25) is 0 Å². The van der Waals surface area contributed by atoms with Gasteiger partial charge in [-0.05, 0) is 6.92 Å². The zero-order valence-electron chi connectivity index (χ0n) is 10.8. The van der Waals surface area contributed by atoms with Gasteiger partial charge in [0.05, 0.1) is 33.0 Å². The van der Waals surface area contributed by atoms with Crippen LogP contribution in [0.4, 0.5) is 0 Å². The highest BCUT2D eigenvalue weighted by molar-refractivity contribution is 14.0. The van der Waals surface area contributed by atoms with E-state index in [2.05, 4.69) is 10.3 Å². The van der Waals surface area contributed by atoms with Crippen LogP contribution in [0.25, 0.3) is 0 Å². The fourth-order valence-corrected chi connectivity index (χ4v) is 1.06. The van der Waals surface area contributed by atoms with E-state index in [1.165, 1.54) is 0 Å². The molecule has 0 spiro atoms. The van der Waals surface area contributed by atoms with E-state index < -0.39 is 0 Å². The SMILES string of the molecule is COCCOCCN=C(N)NC(C)COC.I. The van der Waals surface area contributed by atoms with Crippen molar-refractivity contribution < 1.29 is 14.2 Å².